The lowest BCUT2D eigenvalue weighted by atomic mass is 10.1. The number of thiazole rings is 1. The molecular formula is C20H26N2O5S2. The first-order valence-electron chi connectivity index (χ1n) is 9.77. The van der Waals surface area contributed by atoms with E-state index in [1.165, 1.54) is 0 Å². The number of rotatable bonds is 8. The van der Waals surface area contributed by atoms with Crippen LogP contribution in [0.5, 0.6) is 0 Å². The smallest absolute Gasteiger partial charge is 0.307 e. The van der Waals surface area contributed by atoms with Crippen LogP contribution in [-0.2, 0) is 32.5 Å². The van der Waals surface area contributed by atoms with E-state index in [0.29, 0.717) is 31.0 Å². The summed E-state index contributed by atoms with van der Waals surface area (Å²) in [4.78, 5) is 23.8. The first-order chi connectivity index (χ1) is 13.9. The van der Waals surface area contributed by atoms with Gasteiger partial charge in [0, 0.05) is 30.6 Å². The van der Waals surface area contributed by atoms with Gasteiger partial charge in [-0.15, -0.1) is 0 Å². The quantitative estimate of drug-likeness (QED) is 0.592. The molecule has 0 aliphatic carbocycles. The van der Waals surface area contributed by atoms with Crippen molar-refractivity contribution in [3.05, 3.63) is 50.6 Å². The summed E-state index contributed by atoms with van der Waals surface area (Å²) in [7, 11) is -3.44. The zero-order valence-corrected chi connectivity index (χ0v) is 18.1. The zero-order valence-electron chi connectivity index (χ0n) is 16.5. The van der Waals surface area contributed by atoms with Gasteiger partial charge in [0.15, 0.2) is 0 Å². The summed E-state index contributed by atoms with van der Waals surface area (Å²) in [5, 5.41) is 1.78. The van der Waals surface area contributed by atoms with Crippen molar-refractivity contribution in [3.63, 3.8) is 0 Å². The van der Waals surface area contributed by atoms with E-state index in [4.69, 9.17) is 4.74 Å². The molecule has 29 heavy (non-hydrogen) atoms. The number of carbonyl (C=O) groups excluding carboxylic acids is 1. The topological polar surface area (TPSA) is 85.7 Å². The van der Waals surface area contributed by atoms with Crippen molar-refractivity contribution in [2.45, 2.75) is 50.5 Å². The van der Waals surface area contributed by atoms with E-state index in [1.807, 2.05) is 6.92 Å². The SMILES string of the molecule is Cc1csc(=O)n1CCOC(=O)CCc1ccc(S(=O)(=O)N2CCCCC2)cc1. The Labute approximate surface area is 175 Å². The van der Waals surface area contributed by atoms with Gasteiger partial charge in [0.25, 0.3) is 0 Å². The molecule has 1 saturated heterocycles. The molecule has 3 rings (SSSR count). The third-order valence-corrected chi connectivity index (χ3v) is 7.84. The van der Waals surface area contributed by atoms with Crippen LogP contribution in [-0.4, -0.2) is 43.0 Å². The molecule has 0 bridgehead atoms. The van der Waals surface area contributed by atoms with E-state index < -0.39 is 10.0 Å². The Kier molecular flexibility index (Phi) is 7.26. The van der Waals surface area contributed by atoms with E-state index in [9.17, 15) is 18.0 Å². The summed E-state index contributed by atoms with van der Waals surface area (Å²) >= 11 is 1.13. The molecule has 2 aromatic rings. The Hall–Kier alpha value is -1.97. The molecule has 7 nitrogen and oxygen atoms in total. The molecule has 0 atom stereocenters. The molecular weight excluding hydrogens is 412 g/mol. The second-order valence-electron chi connectivity index (χ2n) is 7.12. The fraction of sp³-hybridized carbons (Fsp3) is 0.500. The monoisotopic (exact) mass is 438 g/mol. The van der Waals surface area contributed by atoms with Gasteiger partial charge in [-0.25, -0.2) is 8.42 Å². The highest BCUT2D eigenvalue weighted by Gasteiger charge is 2.25. The van der Waals surface area contributed by atoms with Gasteiger partial charge >= 0.3 is 10.8 Å². The number of esters is 1. The number of aryl methyl sites for hydroxylation is 2. The van der Waals surface area contributed by atoms with Crippen molar-refractivity contribution < 1.29 is 17.9 Å². The molecule has 9 heteroatoms. The average molecular weight is 439 g/mol. The maximum Gasteiger partial charge on any atom is 0.307 e. The summed E-state index contributed by atoms with van der Waals surface area (Å²) in [5.41, 5.74) is 1.74. The van der Waals surface area contributed by atoms with Crippen molar-refractivity contribution in [2.75, 3.05) is 19.7 Å². The highest BCUT2D eigenvalue weighted by atomic mass is 32.2. The highest BCUT2D eigenvalue weighted by molar-refractivity contribution is 7.89. The second kappa shape index (κ2) is 9.69. The van der Waals surface area contributed by atoms with Gasteiger partial charge in [0.1, 0.15) is 6.61 Å². The van der Waals surface area contributed by atoms with Crippen LogP contribution in [0, 0.1) is 6.92 Å². The number of nitrogens with zero attached hydrogens (tertiary/aromatic N) is 2. The molecule has 1 aromatic heterocycles. The van der Waals surface area contributed by atoms with E-state index >= 15 is 0 Å². The zero-order chi connectivity index (χ0) is 20.9. The van der Waals surface area contributed by atoms with Gasteiger partial charge in [-0.1, -0.05) is 29.9 Å². The van der Waals surface area contributed by atoms with Gasteiger partial charge in [-0.3, -0.25) is 14.2 Å². The number of sulfonamides is 1. The first-order valence-corrected chi connectivity index (χ1v) is 12.1. The van der Waals surface area contributed by atoms with Crippen molar-refractivity contribution in [3.8, 4) is 0 Å². The van der Waals surface area contributed by atoms with Crippen LogP contribution >= 0.6 is 11.3 Å². The molecule has 1 aromatic carbocycles. The molecule has 1 aliphatic heterocycles. The average Bonchev–Trinajstić information content (AvgIpc) is 3.05. The number of carbonyl (C=O) groups is 1. The Morgan fingerprint density at radius 3 is 2.45 bits per heavy atom. The van der Waals surface area contributed by atoms with Crippen LogP contribution < -0.4 is 4.87 Å². The molecule has 0 amide bonds. The number of hydrogen-bond donors (Lipinski definition) is 0. The lowest BCUT2D eigenvalue weighted by Crippen LogP contribution is -2.35. The van der Waals surface area contributed by atoms with Gasteiger partial charge in [-0.05, 0) is 43.9 Å². The highest BCUT2D eigenvalue weighted by Crippen LogP contribution is 2.21. The molecule has 0 saturated carbocycles. The number of aromatic nitrogens is 1. The van der Waals surface area contributed by atoms with Gasteiger partial charge in [0.2, 0.25) is 10.0 Å². The van der Waals surface area contributed by atoms with E-state index in [0.717, 1.165) is 41.9 Å². The molecule has 158 valence electrons. The summed E-state index contributed by atoms with van der Waals surface area (Å²) < 4.78 is 33.6. The van der Waals surface area contributed by atoms with Crippen LogP contribution in [0.4, 0.5) is 0 Å². The Bertz CT molecular complexity index is 987. The molecule has 1 aliphatic rings. The van der Waals surface area contributed by atoms with Crippen LogP contribution in [0.2, 0.25) is 0 Å². The van der Waals surface area contributed by atoms with E-state index in [2.05, 4.69) is 0 Å². The first kappa shape index (κ1) is 21.7. The van der Waals surface area contributed by atoms with Crippen LogP contribution in [0.3, 0.4) is 0 Å². The normalized spacial score (nSPS) is 15.3. The van der Waals surface area contributed by atoms with Crippen LogP contribution in [0.1, 0.15) is 36.9 Å². The number of piperidine rings is 1. The van der Waals surface area contributed by atoms with Crippen molar-refractivity contribution in [1.29, 1.82) is 0 Å². The maximum absolute atomic E-state index is 12.7. The molecule has 0 unspecified atom stereocenters. The summed E-state index contributed by atoms with van der Waals surface area (Å²) in [6, 6.07) is 6.71. The van der Waals surface area contributed by atoms with Crippen molar-refractivity contribution >= 4 is 27.3 Å². The number of ether oxygens (including phenoxy) is 1. The van der Waals surface area contributed by atoms with Crippen molar-refractivity contribution in [1.82, 2.24) is 8.87 Å². The predicted octanol–water partition coefficient (Wildman–Crippen LogP) is 2.57. The fourth-order valence-corrected chi connectivity index (χ4v) is 5.60. The maximum atomic E-state index is 12.7. The standard InChI is InChI=1S/C20H26N2O5S2/c1-16-15-28-20(24)22(16)13-14-27-19(23)10-7-17-5-8-18(9-6-17)29(25,26)21-11-3-2-4-12-21/h5-6,8-9,15H,2-4,7,10-14H2,1H3. The molecule has 2 heterocycles. The summed E-state index contributed by atoms with van der Waals surface area (Å²) in [5.74, 6) is -0.337. The van der Waals surface area contributed by atoms with Crippen molar-refractivity contribution in [2.24, 2.45) is 0 Å². The second-order valence-corrected chi connectivity index (χ2v) is 9.88. The Morgan fingerprint density at radius 2 is 1.83 bits per heavy atom. The van der Waals surface area contributed by atoms with Gasteiger partial charge in [0.05, 0.1) is 11.4 Å². The Balaban J connectivity index is 1.47. The molecule has 0 spiro atoms. The summed E-state index contributed by atoms with van der Waals surface area (Å²) in [6.45, 7) is 3.50. The largest absolute Gasteiger partial charge is 0.464 e. The van der Waals surface area contributed by atoms with E-state index in [-0.39, 0.29) is 23.9 Å². The number of hydrogen-bond acceptors (Lipinski definition) is 6. The van der Waals surface area contributed by atoms with Gasteiger partial charge in [-0.2, -0.15) is 4.31 Å². The van der Waals surface area contributed by atoms with Crippen LogP contribution in [0.25, 0.3) is 0 Å². The molecule has 0 radical (unpaired) electrons. The minimum absolute atomic E-state index is 0.0573. The molecule has 0 N–H and O–H groups in total. The van der Waals surface area contributed by atoms with Gasteiger partial charge < -0.3 is 4.74 Å². The Morgan fingerprint density at radius 1 is 1.14 bits per heavy atom. The fourth-order valence-electron chi connectivity index (χ4n) is 3.33. The van der Waals surface area contributed by atoms with Crippen LogP contribution in [0.15, 0.2) is 39.3 Å². The predicted molar refractivity (Wildman–Crippen MR) is 112 cm³/mol. The van der Waals surface area contributed by atoms with E-state index in [1.54, 1.807) is 38.5 Å². The minimum Gasteiger partial charge on any atom is -0.464 e. The third kappa shape index (κ3) is 5.55. The third-order valence-electron chi connectivity index (χ3n) is 5.05. The number of benzene rings is 1. The minimum atomic E-state index is -3.44. The summed E-state index contributed by atoms with van der Waals surface area (Å²) in [6.07, 6.45) is 3.56. The molecule has 1 fully saturated rings. The lowest BCUT2D eigenvalue weighted by Gasteiger charge is -2.25. The lowest BCUT2D eigenvalue weighted by molar-refractivity contribution is -0.143.